The van der Waals surface area contributed by atoms with Gasteiger partial charge in [0.05, 0.1) is 4.34 Å². The van der Waals surface area contributed by atoms with Crippen molar-refractivity contribution in [3.63, 3.8) is 0 Å². The summed E-state index contributed by atoms with van der Waals surface area (Å²) in [6, 6.07) is 4.66. The second kappa shape index (κ2) is 8.16. The highest BCUT2D eigenvalue weighted by Crippen LogP contribution is 2.23. The van der Waals surface area contributed by atoms with Gasteiger partial charge in [0.2, 0.25) is 0 Å². The Morgan fingerprint density at radius 2 is 2.11 bits per heavy atom. The van der Waals surface area contributed by atoms with Crippen LogP contribution < -0.4 is 5.32 Å². The maximum atomic E-state index is 5.96. The predicted molar refractivity (Wildman–Crippen MR) is 82.6 cm³/mol. The van der Waals surface area contributed by atoms with Crippen molar-refractivity contribution < 1.29 is 0 Å². The van der Waals surface area contributed by atoms with Gasteiger partial charge in [-0.25, -0.2) is 0 Å². The predicted octanol–water partition coefficient (Wildman–Crippen LogP) is 3.86. The number of rotatable bonds is 8. The molecule has 4 heteroatoms. The first kappa shape index (κ1) is 16.0. The SMILES string of the molecule is CCCNCC(C)C(C)N(C)Cc1ccc(Cl)s1. The summed E-state index contributed by atoms with van der Waals surface area (Å²) in [5.41, 5.74) is 0. The van der Waals surface area contributed by atoms with Crippen LogP contribution in [0.5, 0.6) is 0 Å². The van der Waals surface area contributed by atoms with Crippen molar-refractivity contribution in [2.75, 3.05) is 20.1 Å². The maximum absolute atomic E-state index is 5.96. The molecule has 1 aromatic heterocycles. The molecule has 0 amide bonds. The Balaban J connectivity index is 2.37. The summed E-state index contributed by atoms with van der Waals surface area (Å²) in [5, 5.41) is 3.49. The molecule has 2 atom stereocenters. The molecule has 0 aliphatic heterocycles. The van der Waals surface area contributed by atoms with E-state index in [9.17, 15) is 0 Å². The molecule has 0 saturated carbocycles. The largest absolute Gasteiger partial charge is 0.316 e. The summed E-state index contributed by atoms with van der Waals surface area (Å²) >= 11 is 7.64. The van der Waals surface area contributed by atoms with Gasteiger partial charge in [-0.3, -0.25) is 4.90 Å². The average molecular weight is 289 g/mol. The summed E-state index contributed by atoms with van der Waals surface area (Å²) in [6.45, 7) is 10.00. The lowest BCUT2D eigenvalue weighted by Crippen LogP contribution is -2.38. The smallest absolute Gasteiger partial charge is 0.0931 e. The average Bonchev–Trinajstić information content (AvgIpc) is 2.73. The Kier molecular flexibility index (Phi) is 7.23. The van der Waals surface area contributed by atoms with Crippen LogP contribution in [0.4, 0.5) is 0 Å². The molecule has 0 aliphatic rings. The number of halogens is 1. The first-order chi connectivity index (χ1) is 8.54. The second-order valence-corrected chi connectivity index (χ2v) is 6.84. The van der Waals surface area contributed by atoms with Crippen LogP contribution in [0, 0.1) is 5.92 Å². The number of hydrogen-bond donors (Lipinski definition) is 1. The van der Waals surface area contributed by atoms with Gasteiger partial charge in [0.15, 0.2) is 0 Å². The fraction of sp³-hybridized carbons (Fsp3) is 0.714. The molecule has 104 valence electrons. The number of nitrogens with one attached hydrogen (secondary N) is 1. The van der Waals surface area contributed by atoms with E-state index < -0.39 is 0 Å². The Bertz CT molecular complexity index is 340. The second-order valence-electron chi connectivity index (χ2n) is 5.04. The van der Waals surface area contributed by atoms with Crippen molar-refractivity contribution in [2.24, 2.45) is 5.92 Å². The van der Waals surface area contributed by atoms with Crippen LogP contribution >= 0.6 is 22.9 Å². The van der Waals surface area contributed by atoms with Crippen LogP contribution in [0.15, 0.2) is 12.1 Å². The third kappa shape index (κ3) is 5.27. The van der Waals surface area contributed by atoms with Crippen molar-refractivity contribution >= 4 is 22.9 Å². The van der Waals surface area contributed by atoms with E-state index in [1.54, 1.807) is 11.3 Å². The molecule has 1 aromatic rings. The highest BCUT2D eigenvalue weighted by molar-refractivity contribution is 7.16. The van der Waals surface area contributed by atoms with E-state index in [0.717, 1.165) is 24.0 Å². The van der Waals surface area contributed by atoms with E-state index in [0.29, 0.717) is 12.0 Å². The molecule has 0 aromatic carbocycles. The molecule has 0 bridgehead atoms. The Morgan fingerprint density at radius 3 is 2.67 bits per heavy atom. The van der Waals surface area contributed by atoms with Crippen molar-refractivity contribution in [1.82, 2.24) is 10.2 Å². The van der Waals surface area contributed by atoms with Crippen LogP contribution in [0.1, 0.15) is 32.1 Å². The van der Waals surface area contributed by atoms with Crippen LogP contribution in [0.25, 0.3) is 0 Å². The van der Waals surface area contributed by atoms with Gasteiger partial charge in [-0.2, -0.15) is 0 Å². The molecular weight excluding hydrogens is 264 g/mol. The first-order valence-corrected chi connectivity index (χ1v) is 7.89. The zero-order chi connectivity index (χ0) is 13.5. The molecule has 1 rings (SSSR count). The third-order valence-corrected chi connectivity index (χ3v) is 4.66. The zero-order valence-electron chi connectivity index (χ0n) is 11.9. The summed E-state index contributed by atoms with van der Waals surface area (Å²) in [5.74, 6) is 0.650. The van der Waals surface area contributed by atoms with E-state index in [1.165, 1.54) is 11.3 Å². The van der Waals surface area contributed by atoms with E-state index in [1.807, 2.05) is 6.07 Å². The molecule has 1 heterocycles. The van der Waals surface area contributed by atoms with E-state index in [-0.39, 0.29) is 0 Å². The van der Waals surface area contributed by atoms with Crippen LogP contribution in [-0.2, 0) is 6.54 Å². The molecule has 0 saturated heterocycles. The van der Waals surface area contributed by atoms with Gasteiger partial charge in [-0.15, -0.1) is 11.3 Å². The molecular formula is C14H25ClN2S. The minimum atomic E-state index is 0.565. The van der Waals surface area contributed by atoms with Gasteiger partial charge in [0.25, 0.3) is 0 Å². The Labute approximate surface area is 120 Å². The molecule has 0 fully saturated rings. The van der Waals surface area contributed by atoms with E-state index in [2.05, 4.69) is 44.1 Å². The Hall–Kier alpha value is -0.0900. The minimum absolute atomic E-state index is 0.565. The third-order valence-electron chi connectivity index (χ3n) is 3.45. The molecule has 0 spiro atoms. The van der Waals surface area contributed by atoms with Gasteiger partial charge in [0.1, 0.15) is 0 Å². The Morgan fingerprint density at radius 1 is 1.39 bits per heavy atom. The van der Waals surface area contributed by atoms with Crippen molar-refractivity contribution in [3.05, 3.63) is 21.3 Å². The fourth-order valence-corrected chi connectivity index (χ4v) is 3.09. The topological polar surface area (TPSA) is 15.3 Å². The molecule has 0 radical (unpaired) electrons. The van der Waals surface area contributed by atoms with Gasteiger partial charge < -0.3 is 5.32 Å². The molecule has 18 heavy (non-hydrogen) atoms. The lowest BCUT2D eigenvalue weighted by molar-refractivity contribution is 0.190. The van der Waals surface area contributed by atoms with Gasteiger partial charge in [-0.05, 0) is 51.5 Å². The van der Waals surface area contributed by atoms with Crippen LogP contribution in [0.2, 0.25) is 4.34 Å². The van der Waals surface area contributed by atoms with E-state index in [4.69, 9.17) is 11.6 Å². The standard InChI is InChI=1S/C14H25ClN2S/c1-5-8-16-9-11(2)12(3)17(4)10-13-6-7-14(15)18-13/h6-7,11-12,16H,5,8-10H2,1-4H3. The first-order valence-electron chi connectivity index (χ1n) is 6.69. The summed E-state index contributed by atoms with van der Waals surface area (Å²) < 4.78 is 0.878. The number of hydrogen-bond acceptors (Lipinski definition) is 3. The lowest BCUT2D eigenvalue weighted by atomic mass is 10.0. The molecule has 0 aliphatic carbocycles. The van der Waals surface area contributed by atoms with Crippen molar-refractivity contribution in [3.8, 4) is 0 Å². The molecule has 2 unspecified atom stereocenters. The zero-order valence-corrected chi connectivity index (χ0v) is 13.4. The van der Waals surface area contributed by atoms with E-state index >= 15 is 0 Å². The summed E-state index contributed by atoms with van der Waals surface area (Å²) in [4.78, 5) is 3.74. The van der Waals surface area contributed by atoms with Crippen LogP contribution in [-0.4, -0.2) is 31.1 Å². The highest BCUT2D eigenvalue weighted by atomic mass is 35.5. The van der Waals surface area contributed by atoms with Gasteiger partial charge in [-0.1, -0.05) is 25.4 Å². The highest BCUT2D eigenvalue weighted by Gasteiger charge is 2.17. The monoisotopic (exact) mass is 288 g/mol. The molecule has 1 N–H and O–H groups in total. The molecule has 2 nitrogen and oxygen atoms in total. The maximum Gasteiger partial charge on any atom is 0.0931 e. The van der Waals surface area contributed by atoms with Crippen molar-refractivity contribution in [2.45, 2.75) is 39.8 Å². The summed E-state index contributed by atoms with van der Waals surface area (Å²) in [6.07, 6.45) is 1.20. The number of nitrogens with zero attached hydrogens (tertiary/aromatic N) is 1. The normalized spacial score (nSPS) is 15.0. The van der Waals surface area contributed by atoms with Crippen LogP contribution in [0.3, 0.4) is 0 Å². The van der Waals surface area contributed by atoms with Gasteiger partial charge >= 0.3 is 0 Å². The van der Waals surface area contributed by atoms with Crippen molar-refractivity contribution in [1.29, 1.82) is 0 Å². The minimum Gasteiger partial charge on any atom is -0.316 e. The van der Waals surface area contributed by atoms with Gasteiger partial charge in [0, 0.05) is 17.5 Å². The number of thiophene rings is 1. The quantitative estimate of drug-likeness (QED) is 0.731. The summed E-state index contributed by atoms with van der Waals surface area (Å²) in [7, 11) is 2.19. The fourth-order valence-electron chi connectivity index (χ4n) is 1.94. The lowest BCUT2D eigenvalue weighted by Gasteiger charge is -2.29.